The Hall–Kier alpha value is -11.6. The van der Waals surface area contributed by atoms with Crippen LogP contribution in [0.1, 0.15) is 16.7 Å². The van der Waals surface area contributed by atoms with E-state index in [1.54, 1.807) is 0 Å². The monoisotopic (exact) mass is 1200 g/mol. The molecular weight excluding hydrogens is 1130 g/mol. The quantitative estimate of drug-likeness (QED) is 0.0898. The van der Waals surface area contributed by atoms with E-state index in [-0.39, 0.29) is 0 Å². The number of rotatable bonds is 15. The molecule has 0 fully saturated rings. The van der Waals surface area contributed by atoms with Crippen molar-refractivity contribution in [2.75, 3.05) is 0 Å². The van der Waals surface area contributed by atoms with Crippen LogP contribution >= 0.6 is 0 Å². The average molecular weight is 1200 g/mol. The van der Waals surface area contributed by atoms with Gasteiger partial charge in [0, 0.05) is 0 Å². The maximum absolute atomic E-state index is 2.45. The van der Waals surface area contributed by atoms with Gasteiger partial charge in [-0.3, -0.25) is 0 Å². The molecule has 1 heteroatoms. The molecule has 0 aromatic heterocycles. The topological polar surface area (TPSA) is 0 Å². The van der Waals surface area contributed by atoms with Crippen molar-refractivity contribution in [3.8, 4) is 134 Å². The molecule has 0 nitrogen and oxygen atoms in total. The van der Waals surface area contributed by atoms with Gasteiger partial charge in [0.05, 0.1) is 0 Å². The van der Waals surface area contributed by atoms with E-state index in [0.29, 0.717) is 0 Å². The standard InChI is InChI=1S/C93H69B/c1-64-79(67-40-16-4-17-41-67)82(70-46-22-7-23-47-70)85(73-52-28-10-29-53-73)88(76-58-34-13-35-59-76)91(64)94(92-65(2)80(68-42-18-5-19-43-68)83(71-48-24-8-25-49-71)86(74-54-30-11-31-55-74)89(92)77-60-36-14-37-61-77)93-66(3)81(69-44-20-6-21-45-69)84(72-50-26-9-27-51-72)87(75-56-32-12-33-57-75)90(93)78-62-38-15-39-63-78/h4-63H,1-3H3. The predicted molar refractivity (Wildman–Crippen MR) is 403 cm³/mol. The summed E-state index contributed by atoms with van der Waals surface area (Å²) in [5.41, 5.74) is 35.4. The molecule has 94 heavy (non-hydrogen) atoms. The van der Waals surface area contributed by atoms with E-state index >= 15 is 0 Å². The molecule has 0 aliphatic rings. The molecule has 0 saturated carbocycles. The first kappa shape index (κ1) is 58.7. The van der Waals surface area contributed by atoms with Crippen molar-refractivity contribution >= 4 is 23.1 Å². The zero-order chi connectivity index (χ0) is 63.3. The second-order valence-electron chi connectivity index (χ2n) is 24.4. The lowest BCUT2D eigenvalue weighted by atomic mass is 9.31. The van der Waals surface area contributed by atoms with Crippen molar-refractivity contribution in [2.45, 2.75) is 20.8 Å². The van der Waals surface area contributed by atoms with Gasteiger partial charge in [-0.2, -0.15) is 0 Å². The van der Waals surface area contributed by atoms with E-state index in [0.717, 1.165) is 66.8 Å². The summed E-state index contributed by atoms with van der Waals surface area (Å²) in [5.74, 6) is 0. The van der Waals surface area contributed by atoms with Crippen LogP contribution in [0, 0.1) is 20.8 Å². The van der Waals surface area contributed by atoms with E-state index in [9.17, 15) is 0 Å². The maximum atomic E-state index is 2.45. The zero-order valence-electron chi connectivity index (χ0n) is 53.2. The van der Waals surface area contributed by atoms with Gasteiger partial charge in [-0.1, -0.05) is 380 Å². The van der Waals surface area contributed by atoms with Gasteiger partial charge in [0.2, 0.25) is 6.71 Å². The van der Waals surface area contributed by atoms with Crippen LogP contribution in [-0.2, 0) is 0 Å². The molecule has 0 N–H and O–H groups in total. The Morgan fingerprint density at radius 3 is 0.372 bits per heavy atom. The molecule has 0 amide bonds. The van der Waals surface area contributed by atoms with Crippen LogP contribution in [-0.4, -0.2) is 6.71 Å². The van der Waals surface area contributed by atoms with E-state index in [1.807, 2.05) is 0 Å². The predicted octanol–water partition coefficient (Wildman–Crippen LogP) is 23.1. The highest BCUT2D eigenvalue weighted by Gasteiger charge is 2.42. The third kappa shape index (κ3) is 10.8. The summed E-state index contributed by atoms with van der Waals surface area (Å²) in [6.07, 6.45) is 0. The largest absolute Gasteiger partial charge is 0.244 e. The second kappa shape index (κ2) is 26.3. The lowest BCUT2D eigenvalue weighted by molar-refractivity contribution is 1.44. The number of hydrogen-bond acceptors (Lipinski definition) is 0. The average Bonchev–Trinajstić information content (AvgIpc) is 0.697. The Bertz CT molecular complexity index is 4580. The van der Waals surface area contributed by atoms with Crippen LogP contribution in [0.3, 0.4) is 0 Å². The molecular formula is C93H69B. The molecule has 0 bridgehead atoms. The summed E-state index contributed by atoms with van der Waals surface area (Å²) < 4.78 is 0. The van der Waals surface area contributed by atoms with E-state index in [2.05, 4.69) is 385 Å². The molecule has 0 aliphatic heterocycles. The van der Waals surface area contributed by atoms with Gasteiger partial charge in [0.15, 0.2) is 0 Å². The molecule has 0 heterocycles. The molecule has 0 unspecified atom stereocenters. The van der Waals surface area contributed by atoms with Gasteiger partial charge in [0.25, 0.3) is 0 Å². The van der Waals surface area contributed by atoms with Crippen LogP contribution in [0.2, 0.25) is 0 Å². The first-order valence-electron chi connectivity index (χ1n) is 32.8. The highest BCUT2D eigenvalue weighted by molar-refractivity contribution is 6.99. The third-order valence-corrected chi connectivity index (χ3v) is 19.0. The van der Waals surface area contributed by atoms with Crippen LogP contribution < -0.4 is 16.4 Å². The Kier molecular flexibility index (Phi) is 16.4. The maximum Gasteiger partial charge on any atom is 0.244 e. The van der Waals surface area contributed by atoms with Crippen molar-refractivity contribution < 1.29 is 0 Å². The molecule has 0 atom stereocenters. The summed E-state index contributed by atoms with van der Waals surface area (Å²) in [5, 5.41) is 0. The van der Waals surface area contributed by atoms with Gasteiger partial charge in [-0.15, -0.1) is 0 Å². The van der Waals surface area contributed by atoms with Crippen molar-refractivity contribution in [2.24, 2.45) is 0 Å². The Labute approximate surface area is 554 Å². The fourth-order valence-corrected chi connectivity index (χ4v) is 15.2. The Morgan fingerprint density at radius 2 is 0.234 bits per heavy atom. The minimum atomic E-state index is -0.528. The number of benzene rings is 15. The third-order valence-electron chi connectivity index (χ3n) is 19.0. The Balaban J connectivity index is 1.31. The Morgan fingerprint density at radius 1 is 0.128 bits per heavy atom. The van der Waals surface area contributed by atoms with Crippen LogP contribution in [0.4, 0.5) is 0 Å². The fourth-order valence-electron chi connectivity index (χ4n) is 15.2. The minimum absolute atomic E-state index is 0.528. The molecule has 444 valence electrons. The van der Waals surface area contributed by atoms with Crippen molar-refractivity contribution in [3.63, 3.8) is 0 Å². The highest BCUT2D eigenvalue weighted by Crippen LogP contribution is 2.52. The summed E-state index contributed by atoms with van der Waals surface area (Å²) in [6, 6.07) is 135. The van der Waals surface area contributed by atoms with Gasteiger partial charge < -0.3 is 0 Å². The zero-order valence-corrected chi connectivity index (χ0v) is 53.2. The molecule has 0 radical (unpaired) electrons. The van der Waals surface area contributed by atoms with Crippen molar-refractivity contribution in [1.29, 1.82) is 0 Å². The van der Waals surface area contributed by atoms with Gasteiger partial charge >= 0.3 is 0 Å². The molecule has 0 saturated heterocycles. The summed E-state index contributed by atoms with van der Waals surface area (Å²) in [6.45, 7) is 6.84. The molecule has 15 aromatic rings. The molecule has 15 rings (SSSR count). The van der Waals surface area contributed by atoms with Crippen molar-refractivity contribution in [1.82, 2.24) is 0 Å². The lowest BCUT2D eigenvalue weighted by Gasteiger charge is -2.36. The summed E-state index contributed by atoms with van der Waals surface area (Å²) in [7, 11) is 0. The van der Waals surface area contributed by atoms with E-state index in [4.69, 9.17) is 0 Å². The van der Waals surface area contributed by atoms with E-state index in [1.165, 1.54) is 99.8 Å². The van der Waals surface area contributed by atoms with E-state index < -0.39 is 6.71 Å². The summed E-state index contributed by atoms with van der Waals surface area (Å²) >= 11 is 0. The first-order chi connectivity index (χ1) is 46.5. The normalized spacial score (nSPS) is 11.1. The summed E-state index contributed by atoms with van der Waals surface area (Å²) in [4.78, 5) is 0. The van der Waals surface area contributed by atoms with Crippen molar-refractivity contribution in [3.05, 3.63) is 381 Å². The minimum Gasteiger partial charge on any atom is -0.0622 e. The van der Waals surface area contributed by atoms with Crippen LogP contribution in [0.5, 0.6) is 0 Å². The van der Waals surface area contributed by atoms with Crippen LogP contribution in [0.25, 0.3) is 134 Å². The fraction of sp³-hybridized carbons (Fsp3) is 0.0323. The molecule has 15 aromatic carbocycles. The van der Waals surface area contributed by atoms with Crippen LogP contribution in [0.15, 0.2) is 364 Å². The lowest BCUT2D eigenvalue weighted by Crippen LogP contribution is -2.57. The van der Waals surface area contributed by atoms with Gasteiger partial charge in [0.1, 0.15) is 0 Å². The smallest absolute Gasteiger partial charge is 0.0622 e. The SMILES string of the molecule is Cc1c(B(c2c(C)c(-c3ccccc3)c(-c3ccccc3)c(-c3ccccc3)c2-c2ccccc2)c2c(C)c(-c3ccccc3)c(-c3ccccc3)c(-c3ccccc3)c2-c2ccccc2)c(-c2ccccc2)c(-c2ccccc2)c(-c2ccccc2)c1-c1ccccc1. The number of hydrogen-bond donors (Lipinski definition) is 0. The second-order valence-corrected chi connectivity index (χ2v) is 24.4. The molecule has 0 spiro atoms. The molecule has 0 aliphatic carbocycles. The highest BCUT2D eigenvalue weighted by atomic mass is 14.3. The van der Waals surface area contributed by atoms with Gasteiger partial charge in [-0.25, -0.2) is 0 Å². The van der Waals surface area contributed by atoms with Gasteiger partial charge in [-0.05, 0) is 171 Å². The first-order valence-corrected chi connectivity index (χ1v) is 32.8.